The van der Waals surface area contributed by atoms with Crippen LogP contribution in [0.25, 0.3) is 0 Å². The second-order valence-electron chi connectivity index (χ2n) is 5.95. The second kappa shape index (κ2) is 7.87. The van der Waals surface area contributed by atoms with Crippen LogP contribution in [0.4, 0.5) is 5.69 Å². The number of methoxy groups -OCH3 is 1. The van der Waals surface area contributed by atoms with E-state index in [4.69, 9.17) is 16.3 Å². The van der Waals surface area contributed by atoms with Gasteiger partial charge < -0.3 is 15.0 Å². The molecule has 0 heterocycles. The predicted molar refractivity (Wildman–Crippen MR) is 87.8 cm³/mol. The molecule has 3 nitrogen and oxygen atoms in total. The summed E-state index contributed by atoms with van der Waals surface area (Å²) in [6.45, 7) is 12.0. The van der Waals surface area contributed by atoms with Gasteiger partial charge in [0.1, 0.15) is 0 Å². The number of nitrogens with one attached hydrogen (secondary N) is 1. The van der Waals surface area contributed by atoms with E-state index in [2.05, 4.69) is 44.0 Å². The Bertz CT molecular complexity index is 415. The predicted octanol–water partition coefficient (Wildman–Crippen LogP) is 3.70. The number of halogens is 1. The first-order valence-electron chi connectivity index (χ1n) is 7.14. The lowest BCUT2D eigenvalue weighted by Crippen LogP contribution is -2.36. The van der Waals surface area contributed by atoms with Crippen molar-refractivity contribution in [2.24, 2.45) is 0 Å². The van der Waals surface area contributed by atoms with Crippen LogP contribution in [0, 0.1) is 0 Å². The van der Waals surface area contributed by atoms with Crippen LogP contribution in [0.3, 0.4) is 0 Å². The number of nitrogens with zero attached hydrogens (tertiary/aromatic N) is 1. The van der Waals surface area contributed by atoms with Gasteiger partial charge in [0, 0.05) is 43.0 Å². The Hall–Kier alpha value is -0.770. The fourth-order valence-electron chi connectivity index (χ4n) is 2.01. The summed E-state index contributed by atoms with van der Waals surface area (Å²) in [6.07, 6.45) is 0. The van der Waals surface area contributed by atoms with Gasteiger partial charge in [-0.15, -0.1) is 0 Å². The molecule has 0 aromatic heterocycles. The molecule has 0 atom stereocenters. The first-order valence-corrected chi connectivity index (χ1v) is 7.52. The molecule has 0 radical (unpaired) electrons. The van der Waals surface area contributed by atoms with Crippen LogP contribution in [0.15, 0.2) is 18.2 Å². The van der Waals surface area contributed by atoms with Crippen molar-refractivity contribution in [3.05, 3.63) is 28.8 Å². The highest BCUT2D eigenvalue weighted by Crippen LogP contribution is 2.25. The van der Waals surface area contributed by atoms with Gasteiger partial charge in [0.2, 0.25) is 0 Å². The quantitative estimate of drug-likeness (QED) is 0.831. The zero-order valence-electron chi connectivity index (χ0n) is 13.3. The SMILES string of the molecule is CCN(CCOC)c1ccc(Cl)cc1CNC(C)(C)C. The Labute approximate surface area is 128 Å². The maximum Gasteiger partial charge on any atom is 0.0637 e. The van der Waals surface area contributed by atoms with Crippen molar-refractivity contribution in [1.82, 2.24) is 5.32 Å². The molecule has 20 heavy (non-hydrogen) atoms. The molecular weight excluding hydrogens is 272 g/mol. The molecule has 0 aliphatic carbocycles. The minimum absolute atomic E-state index is 0.0865. The summed E-state index contributed by atoms with van der Waals surface area (Å²) in [7, 11) is 1.73. The summed E-state index contributed by atoms with van der Waals surface area (Å²) in [6, 6.07) is 6.10. The molecule has 4 heteroatoms. The van der Waals surface area contributed by atoms with Crippen molar-refractivity contribution in [2.75, 3.05) is 31.7 Å². The van der Waals surface area contributed by atoms with Gasteiger partial charge in [0.25, 0.3) is 0 Å². The molecule has 0 aliphatic heterocycles. The van der Waals surface area contributed by atoms with Crippen LogP contribution in [-0.4, -0.2) is 32.3 Å². The molecular formula is C16H27ClN2O. The van der Waals surface area contributed by atoms with E-state index in [1.807, 2.05) is 12.1 Å². The third-order valence-corrected chi connectivity index (χ3v) is 3.37. The molecule has 0 amide bonds. The van der Waals surface area contributed by atoms with Crippen molar-refractivity contribution in [1.29, 1.82) is 0 Å². The Morgan fingerprint density at radius 2 is 2.00 bits per heavy atom. The topological polar surface area (TPSA) is 24.5 Å². The molecule has 0 aliphatic rings. The van der Waals surface area contributed by atoms with Crippen LogP contribution in [0.1, 0.15) is 33.3 Å². The summed E-state index contributed by atoms with van der Waals surface area (Å²) in [5.74, 6) is 0. The maximum absolute atomic E-state index is 6.15. The lowest BCUT2D eigenvalue weighted by Gasteiger charge is -2.27. The molecule has 0 bridgehead atoms. The Kier molecular flexibility index (Phi) is 6.80. The van der Waals surface area contributed by atoms with Gasteiger partial charge >= 0.3 is 0 Å². The Morgan fingerprint density at radius 1 is 1.30 bits per heavy atom. The standard InChI is InChI=1S/C16H27ClN2O/c1-6-19(9-10-20-5)15-8-7-14(17)11-13(15)12-18-16(2,3)4/h7-8,11,18H,6,9-10,12H2,1-5H3. The maximum atomic E-state index is 6.15. The van der Waals surface area contributed by atoms with E-state index < -0.39 is 0 Å². The van der Waals surface area contributed by atoms with Gasteiger partial charge in [0.15, 0.2) is 0 Å². The van der Waals surface area contributed by atoms with Crippen LogP contribution >= 0.6 is 11.6 Å². The second-order valence-corrected chi connectivity index (χ2v) is 6.39. The molecule has 0 fully saturated rings. The van der Waals surface area contributed by atoms with E-state index in [0.29, 0.717) is 0 Å². The fraction of sp³-hybridized carbons (Fsp3) is 0.625. The lowest BCUT2D eigenvalue weighted by molar-refractivity contribution is 0.205. The molecule has 1 N–H and O–H groups in total. The van der Waals surface area contributed by atoms with Gasteiger partial charge in [-0.1, -0.05) is 11.6 Å². The number of rotatable bonds is 7. The number of anilines is 1. The summed E-state index contributed by atoms with van der Waals surface area (Å²) >= 11 is 6.15. The Balaban J connectivity index is 2.93. The number of benzene rings is 1. The van der Waals surface area contributed by atoms with E-state index >= 15 is 0 Å². The van der Waals surface area contributed by atoms with Crippen molar-refractivity contribution in [3.63, 3.8) is 0 Å². The van der Waals surface area contributed by atoms with E-state index in [1.54, 1.807) is 7.11 Å². The molecule has 1 aromatic rings. The number of ether oxygens (including phenoxy) is 1. The van der Waals surface area contributed by atoms with Crippen molar-refractivity contribution in [2.45, 2.75) is 39.8 Å². The largest absolute Gasteiger partial charge is 0.383 e. The molecule has 0 spiro atoms. The highest BCUT2D eigenvalue weighted by Gasteiger charge is 2.14. The Morgan fingerprint density at radius 3 is 2.55 bits per heavy atom. The normalized spacial score (nSPS) is 11.7. The van der Waals surface area contributed by atoms with E-state index in [1.165, 1.54) is 11.3 Å². The number of hydrogen-bond acceptors (Lipinski definition) is 3. The average Bonchev–Trinajstić information content (AvgIpc) is 2.38. The fourth-order valence-corrected chi connectivity index (χ4v) is 2.21. The molecule has 0 unspecified atom stereocenters. The van der Waals surface area contributed by atoms with Gasteiger partial charge in [-0.25, -0.2) is 0 Å². The van der Waals surface area contributed by atoms with Gasteiger partial charge in [-0.2, -0.15) is 0 Å². The van der Waals surface area contributed by atoms with E-state index in [9.17, 15) is 0 Å². The zero-order valence-corrected chi connectivity index (χ0v) is 14.0. The zero-order chi connectivity index (χ0) is 15.2. The van der Waals surface area contributed by atoms with Crippen LogP contribution in [-0.2, 0) is 11.3 Å². The summed E-state index contributed by atoms with van der Waals surface area (Å²) in [5.41, 5.74) is 2.54. The lowest BCUT2D eigenvalue weighted by atomic mass is 10.1. The van der Waals surface area contributed by atoms with Crippen molar-refractivity contribution >= 4 is 17.3 Å². The summed E-state index contributed by atoms with van der Waals surface area (Å²) < 4.78 is 5.19. The molecule has 1 rings (SSSR count). The van der Waals surface area contributed by atoms with E-state index in [-0.39, 0.29) is 5.54 Å². The first-order chi connectivity index (χ1) is 9.37. The highest BCUT2D eigenvalue weighted by molar-refractivity contribution is 6.30. The number of hydrogen-bond donors (Lipinski definition) is 1. The summed E-state index contributed by atoms with van der Waals surface area (Å²) in [5, 5.41) is 4.30. The van der Waals surface area contributed by atoms with Gasteiger partial charge in [-0.05, 0) is 51.5 Å². The molecule has 0 saturated heterocycles. The third-order valence-electron chi connectivity index (χ3n) is 3.14. The minimum atomic E-state index is 0.0865. The smallest absolute Gasteiger partial charge is 0.0637 e. The van der Waals surface area contributed by atoms with Crippen molar-refractivity contribution in [3.8, 4) is 0 Å². The van der Waals surface area contributed by atoms with Gasteiger partial charge in [0.05, 0.1) is 6.61 Å². The minimum Gasteiger partial charge on any atom is -0.383 e. The van der Waals surface area contributed by atoms with Crippen LogP contribution in [0.2, 0.25) is 5.02 Å². The van der Waals surface area contributed by atoms with E-state index in [0.717, 1.165) is 31.3 Å². The highest BCUT2D eigenvalue weighted by atomic mass is 35.5. The average molecular weight is 299 g/mol. The first kappa shape index (κ1) is 17.3. The van der Waals surface area contributed by atoms with Crippen LogP contribution in [0.5, 0.6) is 0 Å². The third kappa shape index (κ3) is 5.70. The number of likely N-dealkylation sites (N-methyl/N-ethyl adjacent to an activating group) is 1. The van der Waals surface area contributed by atoms with Gasteiger partial charge in [-0.3, -0.25) is 0 Å². The molecule has 1 aromatic carbocycles. The van der Waals surface area contributed by atoms with Crippen molar-refractivity contribution < 1.29 is 4.74 Å². The molecule has 0 saturated carbocycles. The van der Waals surface area contributed by atoms with Crippen LogP contribution < -0.4 is 10.2 Å². The molecule has 114 valence electrons. The monoisotopic (exact) mass is 298 g/mol. The summed E-state index contributed by atoms with van der Waals surface area (Å²) in [4.78, 5) is 2.32.